The van der Waals surface area contributed by atoms with E-state index in [0.29, 0.717) is 88.6 Å². The SMILES string of the molecule is C.CC1CCN(CCC(=O)OCCN2CCCC2=O)CC1.Cc1cc(C[C@@H](OC(=O)N2CCC(N3CCc4ccccc4NC3=O)CC2)C(=O)N2CCC(C)CC2)cc2oc(=O)n(C)c12. The van der Waals surface area contributed by atoms with Crippen molar-refractivity contribution in [3.63, 3.8) is 0 Å². The average Bonchev–Trinajstić information content (AvgIpc) is 3.77. The second-order valence-electron chi connectivity index (χ2n) is 18.5. The summed E-state index contributed by atoms with van der Waals surface area (Å²) < 4.78 is 18.1. The lowest BCUT2D eigenvalue weighted by Crippen LogP contribution is -2.51. The van der Waals surface area contributed by atoms with Crippen molar-refractivity contribution in [2.75, 3.05) is 77.4 Å². The third kappa shape index (κ3) is 12.7. The fourth-order valence-corrected chi connectivity index (χ4v) is 9.64. The predicted molar refractivity (Wildman–Crippen MR) is 249 cm³/mol. The van der Waals surface area contributed by atoms with Crippen molar-refractivity contribution in [3.8, 4) is 0 Å². The van der Waals surface area contributed by atoms with Gasteiger partial charge in [0, 0.05) is 77.4 Å². The number of carbonyl (C=O) groups excluding carboxylic acids is 5. The number of hydrogen-bond acceptors (Lipinski definition) is 10. The number of nitrogens with zero attached hydrogens (tertiary/aromatic N) is 6. The number of amides is 5. The molecule has 65 heavy (non-hydrogen) atoms. The molecule has 0 aliphatic carbocycles. The van der Waals surface area contributed by atoms with Crippen molar-refractivity contribution in [2.45, 2.75) is 111 Å². The molecule has 5 aliphatic heterocycles. The highest BCUT2D eigenvalue weighted by Crippen LogP contribution is 2.27. The van der Waals surface area contributed by atoms with E-state index in [1.165, 1.54) is 17.4 Å². The van der Waals surface area contributed by atoms with Crippen LogP contribution in [0.15, 0.2) is 45.6 Å². The maximum absolute atomic E-state index is 13.8. The molecule has 0 saturated carbocycles. The highest BCUT2D eigenvalue weighted by molar-refractivity contribution is 5.91. The molecule has 0 spiro atoms. The Kier molecular flexibility index (Phi) is 17.1. The van der Waals surface area contributed by atoms with Crippen LogP contribution in [0.5, 0.6) is 0 Å². The first-order chi connectivity index (χ1) is 30.8. The number of piperidine rings is 3. The summed E-state index contributed by atoms with van der Waals surface area (Å²) in [6.07, 6.45) is 6.99. The van der Waals surface area contributed by atoms with Gasteiger partial charge in [-0.1, -0.05) is 45.5 Å². The topological polar surface area (TPSA) is 167 Å². The molecule has 3 aromatic rings. The lowest BCUT2D eigenvalue weighted by molar-refractivity contribution is -0.145. The number of para-hydroxylation sites is 1. The number of fused-ring (bicyclic) bond motifs is 2. The minimum atomic E-state index is -1.00. The Bertz CT molecular complexity index is 2180. The van der Waals surface area contributed by atoms with Crippen LogP contribution in [0.2, 0.25) is 0 Å². The molecule has 4 fully saturated rings. The van der Waals surface area contributed by atoms with Crippen molar-refractivity contribution < 1.29 is 37.9 Å². The van der Waals surface area contributed by atoms with Crippen LogP contribution >= 0.6 is 0 Å². The van der Waals surface area contributed by atoms with Gasteiger partial charge in [-0.05, 0) is 112 Å². The van der Waals surface area contributed by atoms with E-state index < -0.39 is 18.0 Å². The van der Waals surface area contributed by atoms with E-state index in [-0.39, 0.29) is 43.7 Å². The third-order valence-electron chi connectivity index (χ3n) is 13.8. The molecule has 16 heteroatoms. The number of hydrogen-bond donors (Lipinski definition) is 1. The number of aromatic nitrogens is 1. The van der Waals surface area contributed by atoms with Gasteiger partial charge in [-0.15, -0.1) is 0 Å². The van der Waals surface area contributed by atoms with E-state index in [0.717, 1.165) is 80.2 Å². The number of oxazole rings is 1. The van der Waals surface area contributed by atoms with E-state index in [4.69, 9.17) is 13.9 Å². The highest BCUT2D eigenvalue weighted by Gasteiger charge is 2.35. The number of nitrogens with one attached hydrogen (secondary N) is 1. The molecule has 1 atom stereocenters. The van der Waals surface area contributed by atoms with Gasteiger partial charge in [0.1, 0.15) is 6.61 Å². The van der Waals surface area contributed by atoms with Gasteiger partial charge in [0.15, 0.2) is 11.7 Å². The Labute approximate surface area is 383 Å². The van der Waals surface area contributed by atoms with Crippen LogP contribution in [-0.4, -0.2) is 143 Å². The van der Waals surface area contributed by atoms with Crippen LogP contribution in [0.1, 0.15) is 95.8 Å². The molecule has 1 aromatic heterocycles. The number of ether oxygens (including phenoxy) is 2. The molecule has 16 nitrogen and oxygen atoms in total. The number of urea groups is 1. The Balaban J connectivity index is 0.000000280. The summed E-state index contributed by atoms with van der Waals surface area (Å²) in [5.74, 6) is 0.753. The van der Waals surface area contributed by atoms with E-state index in [2.05, 4.69) is 24.1 Å². The van der Waals surface area contributed by atoms with Gasteiger partial charge < -0.3 is 43.7 Å². The van der Waals surface area contributed by atoms with E-state index >= 15 is 0 Å². The van der Waals surface area contributed by atoms with E-state index in [1.54, 1.807) is 27.8 Å². The third-order valence-corrected chi connectivity index (χ3v) is 13.8. The molecule has 4 saturated heterocycles. The van der Waals surface area contributed by atoms with Crippen molar-refractivity contribution >= 4 is 46.7 Å². The zero-order valence-corrected chi connectivity index (χ0v) is 38.2. The van der Waals surface area contributed by atoms with Gasteiger partial charge in [-0.25, -0.2) is 14.4 Å². The molecule has 8 rings (SSSR count). The first-order valence-corrected chi connectivity index (χ1v) is 23.5. The number of esters is 1. The monoisotopic (exact) mass is 902 g/mol. The van der Waals surface area contributed by atoms with Crippen LogP contribution in [-0.2, 0) is 43.7 Å². The zero-order chi connectivity index (χ0) is 45.3. The van der Waals surface area contributed by atoms with Crippen molar-refractivity contribution in [1.82, 2.24) is 29.1 Å². The first kappa shape index (κ1) is 49.1. The van der Waals surface area contributed by atoms with E-state index in [1.807, 2.05) is 42.2 Å². The fraction of sp³-hybridized carbons (Fsp3) is 0.633. The van der Waals surface area contributed by atoms with Gasteiger partial charge in [0.25, 0.3) is 5.91 Å². The Morgan fingerprint density at radius 1 is 0.831 bits per heavy atom. The van der Waals surface area contributed by atoms with Crippen molar-refractivity contribution in [3.05, 3.63) is 63.6 Å². The Morgan fingerprint density at radius 2 is 1.51 bits per heavy atom. The molecule has 0 unspecified atom stereocenters. The number of likely N-dealkylation sites (tertiary alicyclic amines) is 4. The summed E-state index contributed by atoms with van der Waals surface area (Å²) in [6, 6.07) is 11.4. The molecule has 5 aliphatic rings. The van der Waals surface area contributed by atoms with Gasteiger partial charge in [0.05, 0.1) is 18.5 Å². The Morgan fingerprint density at radius 3 is 2.20 bits per heavy atom. The molecule has 1 N–H and O–H groups in total. The summed E-state index contributed by atoms with van der Waals surface area (Å²) in [6.45, 7) is 13.8. The van der Waals surface area contributed by atoms with Gasteiger partial charge >= 0.3 is 23.8 Å². The molecular formula is C49H71N7O9. The summed E-state index contributed by atoms with van der Waals surface area (Å²) in [5, 5.41) is 3.03. The first-order valence-electron chi connectivity index (χ1n) is 23.5. The van der Waals surface area contributed by atoms with Gasteiger partial charge in [-0.3, -0.25) is 19.0 Å². The highest BCUT2D eigenvalue weighted by atomic mass is 16.6. The standard InChI is InChI=1S/C33H41N5O6.C15H26N2O3.CH4/c1-21-8-13-36(14-9-21)30(39)28(20-23-18-22(2)29-27(19-23)43-32(41)35(29)3)44-33(42)37-15-11-25(12-16-37)38-17-10-24-6-4-5-7-26(24)34-31(38)40;1-13-4-8-16(9-5-13)10-6-15(19)20-12-11-17-7-2-3-14(17)18;/h4-7,18-19,21,25,28H,8-17,20H2,1-3H3,(H,34,40);13H,2-12H2,1H3;1H4/t28-;;/m1../s1. The molecule has 0 radical (unpaired) electrons. The average molecular weight is 902 g/mol. The smallest absolute Gasteiger partial charge is 0.419 e. The van der Waals surface area contributed by atoms with Crippen molar-refractivity contribution in [1.29, 1.82) is 0 Å². The number of benzene rings is 2. The Hall–Kier alpha value is -5.38. The lowest BCUT2D eigenvalue weighted by atomic mass is 9.98. The second kappa shape index (κ2) is 22.7. The number of anilines is 1. The summed E-state index contributed by atoms with van der Waals surface area (Å²) >= 11 is 0. The van der Waals surface area contributed by atoms with Crippen LogP contribution in [0.25, 0.3) is 11.1 Å². The number of carbonyl (C=O) groups is 5. The van der Waals surface area contributed by atoms with Crippen LogP contribution in [0.3, 0.4) is 0 Å². The van der Waals surface area contributed by atoms with Gasteiger partial charge in [0.2, 0.25) is 5.91 Å². The number of aryl methyl sites for hydroxylation is 2. The number of rotatable bonds is 11. The molecule has 5 amide bonds. The largest absolute Gasteiger partial charge is 0.464 e. The molecule has 356 valence electrons. The predicted octanol–water partition coefficient (Wildman–Crippen LogP) is 6.21. The zero-order valence-electron chi connectivity index (χ0n) is 38.2. The normalized spacial score (nSPS) is 19.4. The molecule has 2 aromatic carbocycles. The molecule has 6 heterocycles. The maximum atomic E-state index is 13.8. The van der Waals surface area contributed by atoms with E-state index in [9.17, 15) is 28.8 Å². The fourth-order valence-electron chi connectivity index (χ4n) is 9.64. The minimum Gasteiger partial charge on any atom is -0.464 e. The lowest BCUT2D eigenvalue weighted by Gasteiger charge is -2.38. The van der Waals surface area contributed by atoms with Gasteiger partial charge in [-0.2, -0.15) is 0 Å². The summed E-state index contributed by atoms with van der Waals surface area (Å²) in [5.41, 5.74) is 4.72. The quantitative estimate of drug-likeness (QED) is 0.219. The second-order valence-corrected chi connectivity index (χ2v) is 18.5. The molecular weight excluding hydrogens is 831 g/mol. The van der Waals surface area contributed by atoms with Crippen LogP contribution in [0, 0.1) is 18.8 Å². The maximum Gasteiger partial charge on any atom is 0.419 e. The molecule has 0 bridgehead atoms. The van der Waals surface area contributed by atoms with Crippen LogP contribution < -0.4 is 11.1 Å². The van der Waals surface area contributed by atoms with Crippen molar-refractivity contribution in [2.24, 2.45) is 18.9 Å². The summed E-state index contributed by atoms with van der Waals surface area (Å²) in [7, 11) is 1.66. The van der Waals surface area contributed by atoms with Crippen LogP contribution in [0.4, 0.5) is 15.3 Å². The summed E-state index contributed by atoms with van der Waals surface area (Å²) in [4.78, 5) is 84.9. The minimum absolute atomic E-state index is 0.